The third-order valence-electron chi connectivity index (χ3n) is 3.95. The SMILES string of the molecule is CO[C@H](CC(=O)NCc1ccc(-c2ccc(OC(F)(F)F)c(Cl)c2)cc1)NC(C)=O. The molecule has 10 heteroatoms. The maximum atomic E-state index is 12.3. The highest BCUT2D eigenvalue weighted by molar-refractivity contribution is 6.32. The van der Waals surface area contributed by atoms with Gasteiger partial charge in [0.2, 0.25) is 11.8 Å². The molecular formula is C20H20ClF3N2O4. The van der Waals surface area contributed by atoms with Gasteiger partial charge < -0.3 is 20.1 Å². The predicted molar refractivity (Wildman–Crippen MR) is 105 cm³/mol. The van der Waals surface area contributed by atoms with Gasteiger partial charge in [0.05, 0.1) is 11.4 Å². The van der Waals surface area contributed by atoms with Crippen LogP contribution in [-0.4, -0.2) is 31.5 Å². The van der Waals surface area contributed by atoms with Crippen LogP contribution in [0, 0.1) is 0 Å². The number of amides is 2. The quantitative estimate of drug-likeness (QED) is 0.603. The van der Waals surface area contributed by atoms with Crippen molar-refractivity contribution < 1.29 is 32.2 Å². The van der Waals surface area contributed by atoms with Crippen LogP contribution < -0.4 is 15.4 Å². The van der Waals surface area contributed by atoms with Crippen LogP contribution in [0.25, 0.3) is 11.1 Å². The molecule has 6 nitrogen and oxygen atoms in total. The van der Waals surface area contributed by atoms with E-state index >= 15 is 0 Å². The minimum atomic E-state index is -4.82. The lowest BCUT2D eigenvalue weighted by molar-refractivity contribution is -0.274. The molecule has 1 atom stereocenters. The van der Waals surface area contributed by atoms with Crippen molar-refractivity contribution in [3.8, 4) is 16.9 Å². The van der Waals surface area contributed by atoms with Crippen LogP contribution in [0.3, 0.4) is 0 Å². The Labute approximate surface area is 176 Å². The Morgan fingerprint density at radius 2 is 1.73 bits per heavy atom. The fourth-order valence-corrected chi connectivity index (χ4v) is 2.78. The summed E-state index contributed by atoms with van der Waals surface area (Å²) >= 11 is 5.88. The molecule has 0 saturated carbocycles. The van der Waals surface area contributed by atoms with Gasteiger partial charge in [-0.15, -0.1) is 13.2 Å². The third-order valence-corrected chi connectivity index (χ3v) is 4.25. The molecule has 2 N–H and O–H groups in total. The van der Waals surface area contributed by atoms with Crippen LogP contribution in [0.15, 0.2) is 42.5 Å². The average molecular weight is 445 g/mol. The number of carbonyl (C=O) groups excluding carboxylic acids is 2. The number of carbonyl (C=O) groups is 2. The van der Waals surface area contributed by atoms with Crippen molar-refractivity contribution in [3.63, 3.8) is 0 Å². The monoisotopic (exact) mass is 444 g/mol. The first-order valence-corrected chi connectivity index (χ1v) is 9.16. The maximum Gasteiger partial charge on any atom is 0.573 e. The van der Waals surface area contributed by atoms with Crippen LogP contribution in [0.4, 0.5) is 13.2 Å². The molecule has 0 aliphatic rings. The first-order valence-electron chi connectivity index (χ1n) is 8.78. The highest BCUT2D eigenvalue weighted by atomic mass is 35.5. The van der Waals surface area contributed by atoms with Gasteiger partial charge in [-0.3, -0.25) is 9.59 Å². The number of halogens is 4. The van der Waals surface area contributed by atoms with E-state index in [0.717, 1.165) is 17.2 Å². The number of methoxy groups -OCH3 is 1. The van der Waals surface area contributed by atoms with E-state index in [0.29, 0.717) is 5.56 Å². The molecule has 30 heavy (non-hydrogen) atoms. The maximum absolute atomic E-state index is 12.3. The number of alkyl halides is 3. The van der Waals surface area contributed by atoms with Gasteiger partial charge >= 0.3 is 6.36 Å². The Balaban J connectivity index is 1.96. The van der Waals surface area contributed by atoms with Crippen molar-refractivity contribution in [3.05, 3.63) is 53.1 Å². The van der Waals surface area contributed by atoms with Gasteiger partial charge in [0, 0.05) is 20.6 Å². The van der Waals surface area contributed by atoms with Gasteiger partial charge in [0.15, 0.2) is 0 Å². The van der Waals surface area contributed by atoms with Crippen LogP contribution in [-0.2, 0) is 20.9 Å². The first kappa shape index (κ1) is 23.5. The molecular weight excluding hydrogens is 425 g/mol. The fraction of sp³-hybridized carbons (Fsp3) is 0.300. The summed E-state index contributed by atoms with van der Waals surface area (Å²) in [6, 6.07) is 11.1. The van der Waals surface area contributed by atoms with E-state index in [9.17, 15) is 22.8 Å². The van der Waals surface area contributed by atoms with Crippen molar-refractivity contribution in [2.75, 3.05) is 7.11 Å². The summed E-state index contributed by atoms with van der Waals surface area (Å²) in [6.07, 6.45) is -5.55. The molecule has 0 heterocycles. The zero-order chi connectivity index (χ0) is 22.3. The lowest BCUT2D eigenvalue weighted by Crippen LogP contribution is -2.39. The summed E-state index contributed by atoms with van der Waals surface area (Å²) in [5.41, 5.74) is 2.16. The minimum absolute atomic E-state index is 0.0288. The van der Waals surface area contributed by atoms with Crippen LogP contribution in [0.2, 0.25) is 5.02 Å². The van der Waals surface area contributed by atoms with E-state index in [-0.39, 0.29) is 29.8 Å². The minimum Gasteiger partial charge on any atom is -0.404 e. The Hall–Kier alpha value is -2.78. The molecule has 2 aromatic carbocycles. The van der Waals surface area contributed by atoms with Gasteiger partial charge in [-0.1, -0.05) is 41.9 Å². The van der Waals surface area contributed by atoms with Gasteiger partial charge in [0.25, 0.3) is 0 Å². The Morgan fingerprint density at radius 3 is 2.27 bits per heavy atom. The molecule has 0 radical (unpaired) electrons. The second-order valence-electron chi connectivity index (χ2n) is 6.30. The summed E-state index contributed by atoms with van der Waals surface area (Å²) in [6.45, 7) is 1.59. The molecule has 162 valence electrons. The molecule has 2 rings (SSSR count). The Morgan fingerprint density at radius 1 is 1.10 bits per heavy atom. The summed E-state index contributed by atoms with van der Waals surface area (Å²) in [5, 5.41) is 5.06. The number of benzene rings is 2. The molecule has 0 saturated heterocycles. The molecule has 0 aromatic heterocycles. The van der Waals surface area contributed by atoms with E-state index in [1.807, 2.05) is 0 Å². The zero-order valence-electron chi connectivity index (χ0n) is 16.2. The van der Waals surface area contributed by atoms with E-state index in [4.69, 9.17) is 16.3 Å². The Kier molecular flexibility index (Phi) is 8.08. The van der Waals surface area contributed by atoms with Crippen molar-refractivity contribution in [2.45, 2.75) is 32.5 Å². The standard InChI is InChI=1S/C20H20ClF3N2O4/c1-12(27)26-19(29-2)10-18(28)25-11-13-3-5-14(6-4-13)15-7-8-17(16(21)9-15)30-20(22,23)24/h3-9,19H,10-11H2,1-2H3,(H,25,28)(H,26,27)/t19-/m1/s1. The summed E-state index contributed by atoms with van der Waals surface area (Å²) in [5.74, 6) is -1.07. The van der Waals surface area contributed by atoms with Gasteiger partial charge in [-0.05, 0) is 28.8 Å². The largest absolute Gasteiger partial charge is 0.573 e. The van der Waals surface area contributed by atoms with E-state index in [1.54, 1.807) is 24.3 Å². The zero-order valence-corrected chi connectivity index (χ0v) is 16.9. The van der Waals surface area contributed by atoms with Crippen molar-refractivity contribution in [2.24, 2.45) is 0 Å². The van der Waals surface area contributed by atoms with E-state index < -0.39 is 18.3 Å². The second-order valence-corrected chi connectivity index (χ2v) is 6.70. The second kappa shape index (κ2) is 10.3. The summed E-state index contributed by atoms with van der Waals surface area (Å²) < 4.78 is 45.9. The van der Waals surface area contributed by atoms with E-state index in [1.165, 1.54) is 26.2 Å². The number of hydrogen-bond donors (Lipinski definition) is 2. The van der Waals surface area contributed by atoms with Crippen molar-refractivity contribution in [1.29, 1.82) is 0 Å². The highest BCUT2D eigenvalue weighted by Crippen LogP contribution is 2.33. The first-order chi connectivity index (χ1) is 14.1. The number of nitrogens with one attached hydrogen (secondary N) is 2. The highest BCUT2D eigenvalue weighted by Gasteiger charge is 2.32. The molecule has 2 aromatic rings. The molecule has 0 fully saturated rings. The molecule has 0 spiro atoms. The molecule has 2 amide bonds. The molecule has 0 unspecified atom stereocenters. The van der Waals surface area contributed by atoms with Crippen molar-refractivity contribution >= 4 is 23.4 Å². The van der Waals surface area contributed by atoms with Gasteiger partial charge in [-0.25, -0.2) is 0 Å². The molecule has 0 aliphatic carbocycles. The molecule has 0 bridgehead atoms. The summed E-state index contributed by atoms with van der Waals surface area (Å²) in [7, 11) is 1.39. The van der Waals surface area contributed by atoms with Crippen molar-refractivity contribution in [1.82, 2.24) is 10.6 Å². The predicted octanol–water partition coefficient (Wildman–Crippen LogP) is 4.02. The Bertz CT molecular complexity index is 889. The van der Waals surface area contributed by atoms with Crippen LogP contribution in [0.1, 0.15) is 18.9 Å². The normalized spacial score (nSPS) is 12.2. The van der Waals surface area contributed by atoms with E-state index in [2.05, 4.69) is 15.4 Å². The summed E-state index contributed by atoms with van der Waals surface area (Å²) in [4.78, 5) is 23.0. The smallest absolute Gasteiger partial charge is 0.404 e. The number of rotatable bonds is 8. The van der Waals surface area contributed by atoms with Crippen LogP contribution in [0.5, 0.6) is 5.75 Å². The fourth-order valence-electron chi connectivity index (χ4n) is 2.56. The number of ether oxygens (including phenoxy) is 2. The number of hydrogen-bond acceptors (Lipinski definition) is 4. The lowest BCUT2D eigenvalue weighted by Gasteiger charge is -2.15. The average Bonchev–Trinajstić information content (AvgIpc) is 2.66. The van der Waals surface area contributed by atoms with Gasteiger partial charge in [0.1, 0.15) is 12.0 Å². The van der Waals surface area contributed by atoms with Crippen LogP contribution >= 0.6 is 11.6 Å². The third kappa shape index (κ3) is 7.57. The lowest BCUT2D eigenvalue weighted by atomic mass is 10.0. The topological polar surface area (TPSA) is 76.7 Å². The molecule has 0 aliphatic heterocycles. The van der Waals surface area contributed by atoms with Gasteiger partial charge in [-0.2, -0.15) is 0 Å².